The van der Waals surface area contributed by atoms with Gasteiger partial charge in [-0.25, -0.2) is 0 Å². The van der Waals surface area contributed by atoms with Crippen LogP contribution in [0.5, 0.6) is 0 Å². The molecule has 1 heterocycles. The third-order valence-electron chi connectivity index (χ3n) is 3.71. The molecule has 4 heteroatoms. The molecule has 0 saturated heterocycles. The van der Waals surface area contributed by atoms with Gasteiger partial charge in [-0.15, -0.1) is 0 Å². The molecule has 0 spiro atoms. The maximum atomic E-state index is 5.49. The molecule has 2 rings (SSSR count). The number of aromatic nitrogens is 2. The molecule has 2 aromatic rings. The van der Waals surface area contributed by atoms with Gasteiger partial charge in [-0.1, -0.05) is 43.3 Å². The Morgan fingerprint density at radius 1 is 1.25 bits per heavy atom. The second kappa shape index (κ2) is 6.66. The number of rotatable bonds is 6. The third-order valence-corrected chi connectivity index (χ3v) is 3.71. The molecule has 20 heavy (non-hydrogen) atoms. The number of hydrogen-bond acceptors (Lipinski definition) is 4. The van der Waals surface area contributed by atoms with E-state index in [0.717, 1.165) is 30.0 Å². The summed E-state index contributed by atoms with van der Waals surface area (Å²) in [5, 5.41) is 7.57. The van der Waals surface area contributed by atoms with Crippen LogP contribution in [0.15, 0.2) is 28.8 Å². The summed E-state index contributed by atoms with van der Waals surface area (Å²) in [5.74, 6) is 1.65. The van der Waals surface area contributed by atoms with Crippen molar-refractivity contribution in [2.24, 2.45) is 0 Å². The Hall–Kier alpha value is -1.68. The molecule has 0 radical (unpaired) electrons. The van der Waals surface area contributed by atoms with Crippen LogP contribution in [0.2, 0.25) is 0 Å². The fourth-order valence-corrected chi connectivity index (χ4v) is 2.53. The Labute approximate surface area is 120 Å². The first-order valence-corrected chi connectivity index (χ1v) is 7.30. The van der Waals surface area contributed by atoms with E-state index in [2.05, 4.69) is 49.2 Å². The van der Waals surface area contributed by atoms with Gasteiger partial charge in [0.25, 0.3) is 0 Å². The van der Waals surface area contributed by atoms with E-state index in [0.29, 0.717) is 11.9 Å². The van der Waals surface area contributed by atoms with E-state index in [4.69, 9.17) is 4.52 Å². The second-order valence-electron chi connectivity index (χ2n) is 5.13. The zero-order valence-electron chi connectivity index (χ0n) is 12.7. The lowest BCUT2D eigenvalue weighted by molar-refractivity contribution is 0.318. The Balaban J connectivity index is 2.26. The fraction of sp³-hybridized carbons (Fsp3) is 0.500. The van der Waals surface area contributed by atoms with Crippen LogP contribution in [0, 0.1) is 6.92 Å². The minimum absolute atomic E-state index is 0.250. The van der Waals surface area contributed by atoms with Gasteiger partial charge in [-0.05, 0) is 32.4 Å². The lowest BCUT2D eigenvalue weighted by Crippen LogP contribution is -2.31. The Morgan fingerprint density at radius 2 is 2.00 bits per heavy atom. The number of nitrogens with one attached hydrogen (secondary N) is 1. The molecule has 1 aromatic heterocycles. The molecule has 0 amide bonds. The van der Waals surface area contributed by atoms with Gasteiger partial charge < -0.3 is 9.84 Å². The van der Waals surface area contributed by atoms with E-state index in [1.807, 2.05) is 18.2 Å². The molecular weight excluding hydrogens is 250 g/mol. The number of aryl methyl sites for hydroxylation is 1. The van der Waals surface area contributed by atoms with Gasteiger partial charge in [0, 0.05) is 11.6 Å². The van der Waals surface area contributed by atoms with Crippen LogP contribution in [0.3, 0.4) is 0 Å². The summed E-state index contributed by atoms with van der Waals surface area (Å²) in [6.45, 7) is 9.42. The third kappa shape index (κ3) is 3.07. The molecule has 0 aliphatic carbocycles. The molecule has 108 valence electrons. The normalized spacial score (nSPS) is 14.2. The van der Waals surface area contributed by atoms with E-state index >= 15 is 0 Å². The Bertz CT molecular complexity index is 550. The molecule has 2 unspecified atom stereocenters. The monoisotopic (exact) mass is 273 g/mol. The molecule has 0 saturated carbocycles. The van der Waals surface area contributed by atoms with Gasteiger partial charge in [0.2, 0.25) is 11.7 Å². The highest BCUT2D eigenvalue weighted by molar-refractivity contribution is 5.59. The lowest BCUT2D eigenvalue weighted by atomic mass is 9.98. The minimum atomic E-state index is 0.250. The van der Waals surface area contributed by atoms with Crippen LogP contribution in [-0.2, 0) is 0 Å². The molecule has 0 bridgehead atoms. The van der Waals surface area contributed by atoms with Gasteiger partial charge in [0.15, 0.2) is 0 Å². The van der Waals surface area contributed by atoms with Crippen LogP contribution >= 0.6 is 0 Å². The highest BCUT2D eigenvalue weighted by Gasteiger charge is 2.23. The van der Waals surface area contributed by atoms with Crippen molar-refractivity contribution in [3.63, 3.8) is 0 Å². The summed E-state index contributed by atoms with van der Waals surface area (Å²) in [4.78, 5) is 4.60. The van der Waals surface area contributed by atoms with Crippen LogP contribution in [0.1, 0.15) is 44.6 Å². The Kier molecular flexibility index (Phi) is 4.90. The van der Waals surface area contributed by atoms with E-state index in [9.17, 15) is 0 Å². The Morgan fingerprint density at radius 3 is 2.65 bits per heavy atom. The first-order chi connectivity index (χ1) is 9.67. The summed E-state index contributed by atoms with van der Waals surface area (Å²) >= 11 is 0. The summed E-state index contributed by atoms with van der Waals surface area (Å²) in [5.41, 5.74) is 2.20. The molecule has 2 atom stereocenters. The second-order valence-corrected chi connectivity index (χ2v) is 5.13. The number of likely N-dealkylation sites (N-methyl/N-ethyl adjacent to an activating group) is 1. The van der Waals surface area contributed by atoms with Crippen molar-refractivity contribution < 1.29 is 4.52 Å². The lowest BCUT2D eigenvalue weighted by Gasteiger charge is -2.19. The zero-order chi connectivity index (χ0) is 14.5. The summed E-state index contributed by atoms with van der Waals surface area (Å²) in [6, 6.07) is 8.43. The number of benzene rings is 1. The van der Waals surface area contributed by atoms with Gasteiger partial charge in [0.05, 0.1) is 5.92 Å². The van der Waals surface area contributed by atoms with Crippen molar-refractivity contribution in [3.8, 4) is 11.4 Å². The largest absolute Gasteiger partial charge is 0.339 e. The molecule has 0 fully saturated rings. The van der Waals surface area contributed by atoms with Gasteiger partial charge >= 0.3 is 0 Å². The predicted octanol–water partition coefficient (Wildman–Crippen LogP) is 3.54. The van der Waals surface area contributed by atoms with Crippen LogP contribution < -0.4 is 5.32 Å². The van der Waals surface area contributed by atoms with E-state index < -0.39 is 0 Å². The van der Waals surface area contributed by atoms with Crippen LogP contribution in [-0.4, -0.2) is 22.7 Å². The summed E-state index contributed by atoms with van der Waals surface area (Å²) < 4.78 is 5.49. The van der Waals surface area contributed by atoms with Gasteiger partial charge in [-0.2, -0.15) is 4.98 Å². The maximum Gasteiger partial charge on any atom is 0.231 e. The summed E-state index contributed by atoms with van der Waals surface area (Å²) in [6.07, 6.45) is 0.976. The van der Waals surface area contributed by atoms with E-state index in [1.54, 1.807) is 0 Å². The van der Waals surface area contributed by atoms with Crippen LogP contribution in [0.4, 0.5) is 0 Å². The van der Waals surface area contributed by atoms with E-state index in [-0.39, 0.29) is 5.92 Å². The number of nitrogens with zero attached hydrogens (tertiary/aromatic N) is 2. The van der Waals surface area contributed by atoms with Crippen molar-refractivity contribution in [1.82, 2.24) is 15.5 Å². The van der Waals surface area contributed by atoms with Crippen molar-refractivity contribution in [2.75, 3.05) is 6.54 Å². The van der Waals surface area contributed by atoms with E-state index in [1.165, 1.54) is 0 Å². The minimum Gasteiger partial charge on any atom is -0.339 e. The van der Waals surface area contributed by atoms with Gasteiger partial charge in [0.1, 0.15) is 0 Å². The molecule has 1 N–H and O–H groups in total. The van der Waals surface area contributed by atoms with Crippen molar-refractivity contribution in [3.05, 3.63) is 35.7 Å². The topological polar surface area (TPSA) is 51.0 Å². The van der Waals surface area contributed by atoms with Gasteiger partial charge in [-0.3, -0.25) is 0 Å². The first kappa shape index (κ1) is 14.7. The average Bonchev–Trinajstić information content (AvgIpc) is 2.90. The number of hydrogen-bond donors (Lipinski definition) is 1. The average molecular weight is 273 g/mol. The molecule has 1 aromatic carbocycles. The fourth-order valence-electron chi connectivity index (χ4n) is 2.53. The summed E-state index contributed by atoms with van der Waals surface area (Å²) in [7, 11) is 0. The predicted molar refractivity (Wildman–Crippen MR) is 80.6 cm³/mol. The maximum absolute atomic E-state index is 5.49. The highest BCUT2D eigenvalue weighted by atomic mass is 16.5. The van der Waals surface area contributed by atoms with Crippen LogP contribution in [0.25, 0.3) is 11.4 Å². The standard InChI is InChI=1S/C16H23N3O/c1-5-13(12(4)17-6-2)16-18-15(19-20-16)14-10-8-7-9-11(14)3/h7-10,12-13,17H,5-6H2,1-4H3. The molecule has 0 aliphatic rings. The van der Waals surface area contributed by atoms with Crippen molar-refractivity contribution in [1.29, 1.82) is 0 Å². The molecule has 0 aliphatic heterocycles. The smallest absolute Gasteiger partial charge is 0.231 e. The highest BCUT2D eigenvalue weighted by Crippen LogP contribution is 2.26. The SMILES string of the molecule is CCNC(C)C(CC)c1nc(-c2ccccc2C)no1. The molecular formula is C16H23N3O. The quantitative estimate of drug-likeness (QED) is 0.874. The zero-order valence-corrected chi connectivity index (χ0v) is 12.7. The van der Waals surface area contributed by atoms with Crippen molar-refractivity contribution >= 4 is 0 Å². The first-order valence-electron chi connectivity index (χ1n) is 7.30. The molecule has 4 nitrogen and oxygen atoms in total. The van der Waals surface area contributed by atoms with Crippen molar-refractivity contribution in [2.45, 2.75) is 46.1 Å².